The summed E-state index contributed by atoms with van der Waals surface area (Å²) in [6.45, 7) is 3.79. The lowest BCUT2D eigenvalue weighted by molar-refractivity contribution is -0.00677. The van der Waals surface area contributed by atoms with Crippen LogP contribution in [0.5, 0.6) is 11.5 Å². The highest BCUT2D eigenvalue weighted by molar-refractivity contribution is 5.94. The van der Waals surface area contributed by atoms with E-state index in [-0.39, 0.29) is 17.8 Å². The lowest BCUT2D eigenvalue weighted by Crippen LogP contribution is -2.46. The Morgan fingerprint density at radius 3 is 2.74 bits per heavy atom. The Morgan fingerprint density at radius 1 is 1.06 bits per heavy atom. The van der Waals surface area contributed by atoms with Crippen molar-refractivity contribution < 1.29 is 23.4 Å². The molecule has 34 heavy (non-hydrogen) atoms. The molecule has 4 rings (SSSR count). The van der Waals surface area contributed by atoms with Crippen molar-refractivity contribution in [2.45, 2.75) is 38.3 Å². The Bertz CT molecular complexity index is 969. The Kier molecular flexibility index (Phi) is 8.40. The molecule has 6 nitrogen and oxygen atoms in total. The standard InChI is InChI=1S/C27H35FN2O4/c1-32-25-12-14-30-18-21(25)7-3-4-13-29(19-23-24(28)10-6-11-26(23)33-2)15-16-34-22-9-5-8-20(17-22)27(30)31/h5-6,8-11,17,21,25H,3-4,7,12-16,18-19H2,1-2H3/t21-,25+/m1/s1. The molecule has 2 aliphatic rings. The molecule has 0 saturated carbocycles. The van der Waals surface area contributed by atoms with Crippen LogP contribution in [-0.2, 0) is 11.3 Å². The first-order valence-electron chi connectivity index (χ1n) is 12.2. The van der Waals surface area contributed by atoms with Crippen LogP contribution >= 0.6 is 0 Å². The van der Waals surface area contributed by atoms with Gasteiger partial charge in [0.2, 0.25) is 0 Å². The predicted octanol–water partition coefficient (Wildman–Crippen LogP) is 4.38. The zero-order valence-electron chi connectivity index (χ0n) is 20.2. The van der Waals surface area contributed by atoms with Crippen molar-refractivity contribution >= 4 is 5.91 Å². The lowest BCUT2D eigenvalue weighted by atomic mass is 9.89. The molecule has 2 heterocycles. The topological polar surface area (TPSA) is 51.2 Å². The van der Waals surface area contributed by atoms with Gasteiger partial charge in [-0.05, 0) is 56.1 Å². The van der Waals surface area contributed by atoms with Crippen molar-refractivity contribution in [1.82, 2.24) is 9.80 Å². The van der Waals surface area contributed by atoms with Crippen molar-refractivity contribution in [2.75, 3.05) is 47.0 Å². The summed E-state index contributed by atoms with van der Waals surface area (Å²) in [6.07, 6.45) is 4.02. The number of piperidine rings is 1. The fourth-order valence-corrected chi connectivity index (χ4v) is 5.10. The molecule has 2 aliphatic heterocycles. The Morgan fingerprint density at radius 2 is 1.91 bits per heavy atom. The van der Waals surface area contributed by atoms with Crippen molar-refractivity contribution in [3.63, 3.8) is 0 Å². The molecule has 0 unspecified atom stereocenters. The van der Waals surface area contributed by atoms with Crippen molar-refractivity contribution in [3.05, 3.63) is 59.4 Å². The number of methoxy groups -OCH3 is 2. The first-order chi connectivity index (χ1) is 16.6. The van der Waals surface area contributed by atoms with E-state index < -0.39 is 0 Å². The van der Waals surface area contributed by atoms with Crippen molar-refractivity contribution in [1.29, 1.82) is 0 Å². The molecule has 0 aliphatic carbocycles. The zero-order valence-corrected chi connectivity index (χ0v) is 20.2. The SMILES string of the molecule is COc1cccc(F)c1CN1CCCC[C@@H]2CN(CC[C@@H]2OC)C(=O)c2cccc(c2)OCC1. The highest BCUT2D eigenvalue weighted by Gasteiger charge is 2.31. The summed E-state index contributed by atoms with van der Waals surface area (Å²) in [5.74, 6) is 1.34. The number of hydrogen-bond acceptors (Lipinski definition) is 5. The van der Waals surface area contributed by atoms with E-state index in [1.54, 1.807) is 26.4 Å². The van der Waals surface area contributed by atoms with E-state index in [0.29, 0.717) is 61.3 Å². The Labute approximate surface area is 201 Å². The van der Waals surface area contributed by atoms with Gasteiger partial charge in [0.1, 0.15) is 23.9 Å². The molecule has 1 saturated heterocycles. The molecule has 0 radical (unpaired) electrons. The number of hydrogen-bond donors (Lipinski definition) is 0. The number of carbonyl (C=O) groups excluding carboxylic acids is 1. The zero-order chi connectivity index (χ0) is 23.9. The van der Waals surface area contributed by atoms with E-state index in [0.717, 1.165) is 32.2 Å². The minimum Gasteiger partial charge on any atom is -0.496 e. The van der Waals surface area contributed by atoms with Gasteiger partial charge in [-0.15, -0.1) is 0 Å². The van der Waals surface area contributed by atoms with Gasteiger partial charge >= 0.3 is 0 Å². The summed E-state index contributed by atoms with van der Waals surface area (Å²) in [7, 11) is 3.34. The molecule has 1 fully saturated rings. The molecule has 184 valence electrons. The maximum absolute atomic E-state index is 14.6. The van der Waals surface area contributed by atoms with Crippen LogP contribution in [0.15, 0.2) is 42.5 Å². The van der Waals surface area contributed by atoms with E-state index in [9.17, 15) is 9.18 Å². The summed E-state index contributed by atoms with van der Waals surface area (Å²) in [5, 5.41) is 0. The van der Waals surface area contributed by atoms with Crippen LogP contribution < -0.4 is 9.47 Å². The van der Waals surface area contributed by atoms with Gasteiger partial charge in [0.25, 0.3) is 5.91 Å². The number of carbonyl (C=O) groups is 1. The van der Waals surface area contributed by atoms with Crippen LogP contribution in [0.4, 0.5) is 4.39 Å². The van der Waals surface area contributed by atoms with Gasteiger partial charge in [0.15, 0.2) is 0 Å². The van der Waals surface area contributed by atoms with E-state index >= 15 is 0 Å². The minimum absolute atomic E-state index is 0.0492. The highest BCUT2D eigenvalue weighted by atomic mass is 19.1. The van der Waals surface area contributed by atoms with Gasteiger partial charge < -0.3 is 19.1 Å². The fraction of sp³-hybridized carbons (Fsp3) is 0.519. The number of halogens is 1. The van der Waals surface area contributed by atoms with Gasteiger partial charge in [0.05, 0.1) is 13.2 Å². The Balaban J connectivity index is 1.53. The molecule has 0 N–H and O–H groups in total. The third kappa shape index (κ3) is 5.88. The second-order valence-electron chi connectivity index (χ2n) is 9.14. The summed E-state index contributed by atoms with van der Waals surface area (Å²) >= 11 is 0. The average Bonchev–Trinajstić information content (AvgIpc) is 2.86. The van der Waals surface area contributed by atoms with Crippen LogP contribution in [0.2, 0.25) is 0 Å². The first-order valence-corrected chi connectivity index (χ1v) is 12.2. The second-order valence-corrected chi connectivity index (χ2v) is 9.14. The van der Waals surface area contributed by atoms with Gasteiger partial charge in [-0.2, -0.15) is 0 Å². The van der Waals surface area contributed by atoms with Crippen LogP contribution in [0.1, 0.15) is 41.6 Å². The number of nitrogens with zero attached hydrogens (tertiary/aromatic N) is 2. The molecule has 1 amide bonds. The van der Waals surface area contributed by atoms with E-state index in [2.05, 4.69) is 4.90 Å². The molecular weight excluding hydrogens is 435 g/mol. The summed E-state index contributed by atoms with van der Waals surface area (Å²) < 4.78 is 31.8. The molecule has 4 bridgehead atoms. The fourth-order valence-electron chi connectivity index (χ4n) is 5.10. The molecule has 0 spiro atoms. The number of rotatable bonds is 4. The maximum atomic E-state index is 14.6. The number of benzene rings is 2. The van der Waals surface area contributed by atoms with Crippen molar-refractivity contribution in [3.8, 4) is 11.5 Å². The summed E-state index contributed by atoms with van der Waals surface area (Å²) in [5.41, 5.74) is 1.22. The van der Waals surface area contributed by atoms with Gasteiger partial charge in [-0.3, -0.25) is 9.69 Å². The quantitative estimate of drug-likeness (QED) is 0.664. The van der Waals surface area contributed by atoms with Gasteiger partial charge in [-0.1, -0.05) is 18.6 Å². The van der Waals surface area contributed by atoms with Crippen LogP contribution in [-0.4, -0.2) is 68.8 Å². The third-order valence-electron chi connectivity index (χ3n) is 6.99. The molecule has 2 aromatic rings. The number of fused-ring (bicyclic) bond motifs is 4. The number of amides is 1. The highest BCUT2D eigenvalue weighted by Crippen LogP contribution is 2.27. The first kappa shape index (κ1) is 24.5. The van der Waals surface area contributed by atoms with Crippen molar-refractivity contribution in [2.24, 2.45) is 5.92 Å². The average molecular weight is 471 g/mol. The normalized spacial score (nSPS) is 22.4. The second kappa shape index (κ2) is 11.7. The van der Waals surface area contributed by atoms with E-state index in [4.69, 9.17) is 14.2 Å². The Hall–Kier alpha value is -2.64. The number of ether oxygens (including phenoxy) is 3. The molecule has 7 heteroatoms. The predicted molar refractivity (Wildman–Crippen MR) is 129 cm³/mol. The molecule has 2 atom stereocenters. The maximum Gasteiger partial charge on any atom is 0.254 e. The van der Waals surface area contributed by atoms with Crippen LogP contribution in [0, 0.1) is 11.7 Å². The third-order valence-corrected chi connectivity index (χ3v) is 6.99. The minimum atomic E-state index is -0.257. The lowest BCUT2D eigenvalue weighted by Gasteiger charge is -2.38. The van der Waals surface area contributed by atoms with Crippen LogP contribution in [0.3, 0.4) is 0 Å². The van der Waals surface area contributed by atoms with Crippen LogP contribution in [0.25, 0.3) is 0 Å². The monoisotopic (exact) mass is 470 g/mol. The molecule has 0 aromatic heterocycles. The molecular formula is C27H35FN2O4. The summed E-state index contributed by atoms with van der Waals surface area (Å²) in [6, 6.07) is 12.3. The van der Waals surface area contributed by atoms with Gasteiger partial charge in [0, 0.05) is 50.3 Å². The van der Waals surface area contributed by atoms with E-state index in [1.807, 2.05) is 29.2 Å². The van der Waals surface area contributed by atoms with E-state index in [1.165, 1.54) is 6.07 Å². The molecule has 2 aromatic carbocycles. The largest absolute Gasteiger partial charge is 0.496 e. The van der Waals surface area contributed by atoms with Gasteiger partial charge in [-0.25, -0.2) is 4.39 Å². The smallest absolute Gasteiger partial charge is 0.254 e. The summed E-state index contributed by atoms with van der Waals surface area (Å²) in [4.78, 5) is 17.3.